The van der Waals surface area contributed by atoms with Gasteiger partial charge in [-0.25, -0.2) is 4.79 Å². The molecule has 3 rings (SSSR count). The third kappa shape index (κ3) is 4.21. The Morgan fingerprint density at radius 2 is 2.11 bits per heavy atom. The molecule has 0 radical (unpaired) electrons. The fourth-order valence-corrected chi connectivity index (χ4v) is 3.19. The Balaban J connectivity index is 1.74. The zero-order chi connectivity index (χ0) is 19.6. The van der Waals surface area contributed by atoms with Crippen molar-refractivity contribution in [3.8, 4) is 11.5 Å². The molecule has 27 heavy (non-hydrogen) atoms. The van der Waals surface area contributed by atoms with Crippen molar-refractivity contribution in [1.29, 1.82) is 0 Å². The van der Waals surface area contributed by atoms with Crippen LogP contribution in [0.15, 0.2) is 21.7 Å². The van der Waals surface area contributed by atoms with E-state index in [0.717, 1.165) is 17.7 Å². The monoisotopic (exact) mass is 373 g/mol. The van der Waals surface area contributed by atoms with Crippen LogP contribution in [-0.4, -0.2) is 28.6 Å². The van der Waals surface area contributed by atoms with Crippen molar-refractivity contribution in [2.24, 2.45) is 0 Å². The predicted octanol–water partition coefficient (Wildman–Crippen LogP) is 1.67. The Bertz CT molecular complexity index is 976. The highest BCUT2D eigenvalue weighted by Gasteiger charge is 2.22. The van der Waals surface area contributed by atoms with Gasteiger partial charge in [-0.1, -0.05) is 0 Å². The molecule has 1 aromatic heterocycles. The SMILES string of the molecule is CCOc1cc2c(cc1NC(=O)CCc1c(C)[nH]c(=O)[nH]c1=O)OC(C)C2. The van der Waals surface area contributed by atoms with Crippen molar-refractivity contribution in [3.63, 3.8) is 0 Å². The predicted molar refractivity (Wildman–Crippen MR) is 101 cm³/mol. The van der Waals surface area contributed by atoms with Gasteiger partial charge in [-0.15, -0.1) is 0 Å². The first kappa shape index (κ1) is 18.8. The Labute approximate surface area is 155 Å². The summed E-state index contributed by atoms with van der Waals surface area (Å²) in [7, 11) is 0. The van der Waals surface area contributed by atoms with Crippen molar-refractivity contribution in [2.45, 2.75) is 46.1 Å². The van der Waals surface area contributed by atoms with E-state index < -0.39 is 11.2 Å². The molecule has 2 aromatic rings. The zero-order valence-electron chi connectivity index (χ0n) is 15.6. The van der Waals surface area contributed by atoms with Gasteiger partial charge in [0.25, 0.3) is 5.56 Å². The number of carbonyl (C=O) groups excluding carboxylic acids is 1. The normalized spacial score (nSPS) is 15.1. The molecule has 1 aliphatic heterocycles. The fourth-order valence-electron chi connectivity index (χ4n) is 3.19. The molecule has 144 valence electrons. The van der Waals surface area contributed by atoms with Crippen LogP contribution in [0.25, 0.3) is 0 Å². The van der Waals surface area contributed by atoms with E-state index in [1.807, 2.05) is 19.9 Å². The molecule has 8 nitrogen and oxygen atoms in total. The van der Waals surface area contributed by atoms with Gasteiger partial charge in [-0.2, -0.15) is 0 Å². The lowest BCUT2D eigenvalue weighted by Gasteiger charge is -2.13. The number of hydrogen-bond donors (Lipinski definition) is 3. The van der Waals surface area contributed by atoms with Gasteiger partial charge in [0.05, 0.1) is 12.3 Å². The van der Waals surface area contributed by atoms with Gasteiger partial charge in [-0.3, -0.25) is 14.6 Å². The van der Waals surface area contributed by atoms with Crippen molar-refractivity contribution in [3.05, 3.63) is 49.8 Å². The average molecular weight is 373 g/mol. The number of ether oxygens (including phenoxy) is 2. The summed E-state index contributed by atoms with van der Waals surface area (Å²) in [6, 6.07) is 3.68. The van der Waals surface area contributed by atoms with Crippen LogP contribution in [0.3, 0.4) is 0 Å². The molecule has 1 aliphatic rings. The zero-order valence-corrected chi connectivity index (χ0v) is 15.6. The van der Waals surface area contributed by atoms with E-state index in [1.165, 1.54) is 0 Å². The number of amides is 1. The van der Waals surface area contributed by atoms with Crippen molar-refractivity contribution >= 4 is 11.6 Å². The Morgan fingerprint density at radius 1 is 1.33 bits per heavy atom. The maximum absolute atomic E-state index is 12.4. The first-order valence-corrected chi connectivity index (χ1v) is 8.95. The average Bonchev–Trinajstić information content (AvgIpc) is 2.93. The van der Waals surface area contributed by atoms with E-state index >= 15 is 0 Å². The topological polar surface area (TPSA) is 113 Å². The van der Waals surface area contributed by atoms with Gasteiger partial charge < -0.3 is 19.8 Å². The Morgan fingerprint density at radius 3 is 2.81 bits per heavy atom. The minimum absolute atomic E-state index is 0.0929. The minimum Gasteiger partial charge on any atom is -0.492 e. The van der Waals surface area contributed by atoms with Crippen LogP contribution in [0.5, 0.6) is 11.5 Å². The molecule has 1 atom stereocenters. The summed E-state index contributed by atoms with van der Waals surface area (Å²) in [5.74, 6) is 1.08. The minimum atomic E-state index is -0.556. The summed E-state index contributed by atoms with van der Waals surface area (Å²) in [5, 5.41) is 2.83. The Hall–Kier alpha value is -3.03. The molecule has 1 amide bonds. The quantitative estimate of drug-likeness (QED) is 0.713. The van der Waals surface area contributed by atoms with Crippen LogP contribution in [0, 0.1) is 6.92 Å². The van der Waals surface area contributed by atoms with Gasteiger partial charge in [0.2, 0.25) is 5.91 Å². The second-order valence-electron chi connectivity index (χ2n) is 6.58. The van der Waals surface area contributed by atoms with Gasteiger partial charge in [0.15, 0.2) is 0 Å². The molecule has 0 saturated heterocycles. The summed E-state index contributed by atoms with van der Waals surface area (Å²) in [5.41, 5.74) is 1.42. The van der Waals surface area contributed by atoms with E-state index in [0.29, 0.717) is 29.3 Å². The molecule has 0 spiro atoms. The lowest BCUT2D eigenvalue weighted by molar-refractivity contribution is -0.116. The van der Waals surface area contributed by atoms with Gasteiger partial charge >= 0.3 is 5.69 Å². The molecular weight excluding hydrogens is 350 g/mol. The highest BCUT2D eigenvalue weighted by atomic mass is 16.5. The number of aryl methyl sites for hydroxylation is 1. The smallest absolute Gasteiger partial charge is 0.325 e. The fraction of sp³-hybridized carbons (Fsp3) is 0.421. The van der Waals surface area contributed by atoms with Gasteiger partial charge in [0, 0.05) is 35.7 Å². The molecule has 0 saturated carbocycles. The van der Waals surface area contributed by atoms with Gasteiger partial charge in [0.1, 0.15) is 17.6 Å². The maximum atomic E-state index is 12.4. The number of carbonyl (C=O) groups is 1. The molecule has 0 fully saturated rings. The van der Waals surface area contributed by atoms with Crippen LogP contribution in [-0.2, 0) is 17.6 Å². The van der Waals surface area contributed by atoms with Crippen molar-refractivity contribution in [2.75, 3.05) is 11.9 Å². The Kier molecular flexibility index (Phi) is 5.34. The van der Waals surface area contributed by atoms with Crippen LogP contribution >= 0.6 is 0 Å². The van der Waals surface area contributed by atoms with Crippen LogP contribution in [0.4, 0.5) is 5.69 Å². The lowest BCUT2D eigenvalue weighted by atomic mass is 10.1. The van der Waals surface area contributed by atoms with E-state index in [1.54, 1.807) is 13.0 Å². The van der Waals surface area contributed by atoms with Crippen molar-refractivity contribution in [1.82, 2.24) is 9.97 Å². The first-order valence-electron chi connectivity index (χ1n) is 8.95. The van der Waals surface area contributed by atoms with E-state index in [-0.39, 0.29) is 24.9 Å². The molecule has 3 N–H and O–H groups in total. The molecule has 0 bridgehead atoms. The van der Waals surface area contributed by atoms with Gasteiger partial charge in [-0.05, 0) is 33.3 Å². The van der Waals surface area contributed by atoms with Crippen molar-refractivity contribution < 1.29 is 14.3 Å². The summed E-state index contributed by atoms with van der Waals surface area (Å²) in [4.78, 5) is 40.2. The molecular formula is C19H23N3O5. The summed E-state index contributed by atoms with van der Waals surface area (Å²) in [6.45, 7) is 5.98. The number of fused-ring (bicyclic) bond motifs is 1. The number of aromatic nitrogens is 2. The number of hydrogen-bond acceptors (Lipinski definition) is 5. The standard InChI is InChI=1S/C19H23N3O5/c1-4-26-16-8-12-7-10(2)27-15(12)9-14(16)21-17(23)6-5-13-11(3)20-19(25)22-18(13)24/h8-10H,4-7H2,1-3H3,(H,21,23)(H2,20,22,24,25). The number of nitrogens with one attached hydrogen (secondary N) is 3. The highest BCUT2D eigenvalue weighted by molar-refractivity contribution is 5.93. The first-order chi connectivity index (χ1) is 12.9. The summed E-state index contributed by atoms with van der Waals surface area (Å²) >= 11 is 0. The molecule has 0 aliphatic carbocycles. The van der Waals surface area contributed by atoms with E-state index in [4.69, 9.17) is 9.47 Å². The molecule has 1 aromatic carbocycles. The second-order valence-corrected chi connectivity index (χ2v) is 6.58. The van der Waals surface area contributed by atoms with Crippen LogP contribution in [0.2, 0.25) is 0 Å². The second kappa shape index (κ2) is 7.69. The molecule has 2 heterocycles. The van der Waals surface area contributed by atoms with Crippen LogP contribution in [0.1, 0.15) is 37.1 Å². The number of anilines is 1. The number of benzene rings is 1. The third-order valence-electron chi connectivity index (χ3n) is 4.43. The number of rotatable bonds is 6. The maximum Gasteiger partial charge on any atom is 0.325 e. The lowest BCUT2D eigenvalue weighted by Crippen LogP contribution is -2.27. The number of aromatic amines is 2. The number of H-pyrrole nitrogens is 2. The highest BCUT2D eigenvalue weighted by Crippen LogP contribution is 2.38. The molecule has 1 unspecified atom stereocenters. The van der Waals surface area contributed by atoms with E-state index in [2.05, 4.69) is 15.3 Å². The third-order valence-corrected chi connectivity index (χ3v) is 4.43. The largest absolute Gasteiger partial charge is 0.492 e. The molecule has 8 heteroatoms. The summed E-state index contributed by atoms with van der Waals surface area (Å²) in [6.07, 6.45) is 1.20. The van der Waals surface area contributed by atoms with Crippen LogP contribution < -0.4 is 26.0 Å². The van der Waals surface area contributed by atoms with E-state index in [9.17, 15) is 14.4 Å². The summed E-state index contributed by atoms with van der Waals surface area (Å²) < 4.78 is 11.4.